The lowest BCUT2D eigenvalue weighted by Crippen LogP contribution is -2.13. The van der Waals surface area contributed by atoms with Gasteiger partial charge in [0.25, 0.3) is 5.91 Å². The molecule has 21 heavy (non-hydrogen) atoms. The van der Waals surface area contributed by atoms with Crippen molar-refractivity contribution in [2.24, 2.45) is 0 Å². The average molecular weight is 283 g/mol. The minimum absolute atomic E-state index is 0.0798. The van der Waals surface area contributed by atoms with Gasteiger partial charge in [-0.25, -0.2) is 9.67 Å². The molecule has 2 heterocycles. The topological polar surface area (TPSA) is 92.9 Å². The number of hydrogen-bond acceptors (Lipinski definition) is 5. The van der Waals surface area contributed by atoms with Crippen LogP contribution in [0.4, 0.5) is 5.82 Å². The highest BCUT2D eigenvalue weighted by Crippen LogP contribution is 2.20. The van der Waals surface area contributed by atoms with Gasteiger partial charge in [-0.05, 0) is 37.3 Å². The number of carbonyl (C=O) groups is 1. The third-order valence-corrected chi connectivity index (χ3v) is 3.09. The molecule has 1 aromatic carbocycles. The van der Waals surface area contributed by atoms with Crippen molar-refractivity contribution in [3.05, 3.63) is 42.1 Å². The largest absolute Gasteiger partial charge is 0.504 e. The maximum Gasteiger partial charge on any atom is 0.256 e. The lowest BCUT2D eigenvalue weighted by atomic mass is 10.2. The summed E-state index contributed by atoms with van der Waals surface area (Å²) >= 11 is 0. The fraction of sp³-hybridized carbons (Fsp3) is 0.143. The summed E-state index contributed by atoms with van der Waals surface area (Å²) in [5.41, 5.74) is 1.94. The number of nitrogens with one attached hydrogen (secondary N) is 1. The second-order valence-electron chi connectivity index (χ2n) is 4.43. The first kappa shape index (κ1) is 13.0. The fourth-order valence-electron chi connectivity index (χ4n) is 2.02. The predicted molar refractivity (Wildman–Crippen MR) is 77.1 cm³/mol. The van der Waals surface area contributed by atoms with Crippen molar-refractivity contribution in [2.45, 2.75) is 13.5 Å². The fourth-order valence-corrected chi connectivity index (χ4v) is 2.02. The van der Waals surface area contributed by atoms with E-state index < -0.39 is 0 Å². The molecule has 0 aliphatic heterocycles. The SMILES string of the molecule is CCn1nnc2cc(C(=O)Nc3ncccc3O)ccc21. The summed E-state index contributed by atoms with van der Waals surface area (Å²) in [4.78, 5) is 16.1. The van der Waals surface area contributed by atoms with Crippen molar-refractivity contribution in [3.63, 3.8) is 0 Å². The van der Waals surface area contributed by atoms with Gasteiger partial charge in [0, 0.05) is 18.3 Å². The minimum Gasteiger partial charge on any atom is -0.504 e. The molecular weight excluding hydrogens is 270 g/mol. The van der Waals surface area contributed by atoms with Gasteiger partial charge in [0.1, 0.15) is 5.52 Å². The molecule has 0 bridgehead atoms. The van der Waals surface area contributed by atoms with Gasteiger partial charge in [-0.2, -0.15) is 0 Å². The first-order valence-corrected chi connectivity index (χ1v) is 6.47. The van der Waals surface area contributed by atoms with Crippen LogP contribution in [0.5, 0.6) is 5.75 Å². The summed E-state index contributed by atoms with van der Waals surface area (Å²) in [5.74, 6) is -0.319. The Morgan fingerprint density at radius 2 is 2.24 bits per heavy atom. The van der Waals surface area contributed by atoms with E-state index in [1.54, 1.807) is 28.9 Å². The molecule has 1 amide bonds. The smallest absolute Gasteiger partial charge is 0.256 e. The van der Waals surface area contributed by atoms with E-state index in [1.165, 1.54) is 12.3 Å². The zero-order valence-electron chi connectivity index (χ0n) is 11.3. The van der Waals surface area contributed by atoms with E-state index in [4.69, 9.17) is 0 Å². The molecule has 7 nitrogen and oxygen atoms in total. The molecular formula is C14H13N5O2. The number of rotatable bonds is 3. The number of amides is 1. The van der Waals surface area contributed by atoms with Gasteiger partial charge < -0.3 is 10.4 Å². The van der Waals surface area contributed by atoms with E-state index in [2.05, 4.69) is 20.6 Å². The molecule has 106 valence electrons. The Morgan fingerprint density at radius 3 is 3.00 bits per heavy atom. The van der Waals surface area contributed by atoms with Crippen molar-refractivity contribution in [1.82, 2.24) is 20.0 Å². The van der Waals surface area contributed by atoms with Crippen LogP contribution in [0.25, 0.3) is 11.0 Å². The summed E-state index contributed by atoms with van der Waals surface area (Å²) in [7, 11) is 0. The van der Waals surface area contributed by atoms with Crippen molar-refractivity contribution in [2.75, 3.05) is 5.32 Å². The summed E-state index contributed by atoms with van der Waals surface area (Å²) in [6.07, 6.45) is 1.49. The van der Waals surface area contributed by atoms with E-state index in [0.717, 1.165) is 5.52 Å². The zero-order valence-corrected chi connectivity index (χ0v) is 11.3. The molecule has 0 spiro atoms. The molecule has 7 heteroatoms. The second-order valence-corrected chi connectivity index (χ2v) is 4.43. The van der Waals surface area contributed by atoms with Crippen molar-refractivity contribution < 1.29 is 9.90 Å². The van der Waals surface area contributed by atoms with E-state index >= 15 is 0 Å². The highest BCUT2D eigenvalue weighted by Gasteiger charge is 2.12. The van der Waals surface area contributed by atoms with Crippen LogP contribution in [0.1, 0.15) is 17.3 Å². The molecule has 0 saturated carbocycles. The van der Waals surface area contributed by atoms with E-state index in [0.29, 0.717) is 17.6 Å². The zero-order chi connectivity index (χ0) is 14.8. The standard InChI is InChI=1S/C14H13N5O2/c1-2-19-11-6-5-9(8-10(11)17-18-19)14(21)16-13-12(20)4-3-7-15-13/h3-8,20H,2H2,1H3,(H,15,16,21). The number of aromatic nitrogens is 4. The van der Waals surface area contributed by atoms with Crippen LogP contribution < -0.4 is 5.32 Å². The van der Waals surface area contributed by atoms with E-state index in [1.807, 2.05) is 6.92 Å². The molecule has 0 fully saturated rings. The average Bonchev–Trinajstić information content (AvgIpc) is 2.91. The van der Waals surface area contributed by atoms with Crippen LogP contribution in [0.15, 0.2) is 36.5 Å². The Morgan fingerprint density at radius 1 is 1.38 bits per heavy atom. The number of carbonyl (C=O) groups excluding carboxylic acids is 1. The molecule has 0 atom stereocenters. The molecule has 0 aliphatic rings. The molecule has 2 N–H and O–H groups in total. The van der Waals surface area contributed by atoms with Crippen LogP contribution in [-0.2, 0) is 6.54 Å². The molecule has 3 aromatic rings. The third-order valence-electron chi connectivity index (χ3n) is 3.09. The van der Waals surface area contributed by atoms with Gasteiger partial charge in [0.2, 0.25) is 0 Å². The highest BCUT2D eigenvalue weighted by molar-refractivity contribution is 6.05. The quantitative estimate of drug-likeness (QED) is 0.764. The summed E-state index contributed by atoms with van der Waals surface area (Å²) < 4.78 is 1.75. The summed E-state index contributed by atoms with van der Waals surface area (Å²) in [6, 6.07) is 8.18. The molecule has 0 unspecified atom stereocenters. The Kier molecular flexibility index (Phi) is 3.23. The number of benzene rings is 1. The second kappa shape index (κ2) is 5.20. The monoisotopic (exact) mass is 283 g/mol. The summed E-state index contributed by atoms with van der Waals surface area (Å²) in [6.45, 7) is 2.68. The van der Waals surface area contributed by atoms with Crippen molar-refractivity contribution in [1.29, 1.82) is 0 Å². The van der Waals surface area contributed by atoms with Gasteiger partial charge in [-0.15, -0.1) is 5.10 Å². The highest BCUT2D eigenvalue weighted by atomic mass is 16.3. The number of anilines is 1. The Balaban J connectivity index is 1.90. The van der Waals surface area contributed by atoms with Crippen LogP contribution in [-0.4, -0.2) is 31.0 Å². The normalized spacial score (nSPS) is 10.7. The van der Waals surface area contributed by atoms with Gasteiger partial charge in [0.15, 0.2) is 11.6 Å². The first-order valence-electron chi connectivity index (χ1n) is 6.47. The minimum atomic E-state index is -0.364. The first-order chi connectivity index (χ1) is 10.2. The number of hydrogen-bond donors (Lipinski definition) is 2. The number of aryl methyl sites for hydroxylation is 1. The van der Waals surface area contributed by atoms with E-state index in [-0.39, 0.29) is 17.5 Å². The lowest BCUT2D eigenvalue weighted by molar-refractivity contribution is 0.102. The number of fused-ring (bicyclic) bond motifs is 1. The van der Waals surface area contributed by atoms with E-state index in [9.17, 15) is 9.90 Å². The number of aromatic hydroxyl groups is 1. The molecule has 3 rings (SSSR count). The van der Waals surface area contributed by atoms with Crippen LogP contribution in [0.3, 0.4) is 0 Å². The molecule has 0 aliphatic carbocycles. The third kappa shape index (κ3) is 2.40. The van der Waals surface area contributed by atoms with Gasteiger partial charge in [0.05, 0.1) is 5.52 Å². The summed E-state index contributed by atoms with van der Waals surface area (Å²) in [5, 5.41) is 20.2. The van der Waals surface area contributed by atoms with Crippen molar-refractivity contribution in [3.8, 4) is 5.75 Å². The van der Waals surface area contributed by atoms with Crippen LogP contribution >= 0.6 is 0 Å². The van der Waals surface area contributed by atoms with Crippen LogP contribution in [0, 0.1) is 0 Å². The lowest BCUT2D eigenvalue weighted by Gasteiger charge is -2.06. The molecule has 2 aromatic heterocycles. The maximum atomic E-state index is 12.2. The van der Waals surface area contributed by atoms with Crippen molar-refractivity contribution >= 4 is 22.8 Å². The van der Waals surface area contributed by atoms with Gasteiger partial charge in [-0.3, -0.25) is 4.79 Å². The molecule has 0 saturated heterocycles. The predicted octanol–water partition coefficient (Wildman–Crippen LogP) is 1.80. The Bertz CT molecular complexity index is 812. The number of nitrogens with zero attached hydrogens (tertiary/aromatic N) is 4. The number of pyridine rings is 1. The van der Waals surface area contributed by atoms with Crippen LogP contribution in [0.2, 0.25) is 0 Å². The Hall–Kier alpha value is -2.96. The molecule has 0 radical (unpaired) electrons. The maximum absolute atomic E-state index is 12.2. The van der Waals surface area contributed by atoms with Gasteiger partial charge >= 0.3 is 0 Å². The Labute approximate surface area is 120 Å². The van der Waals surface area contributed by atoms with Gasteiger partial charge in [-0.1, -0.05) is 5.21 Å².